The van der Waals surface area contributed by atoms with E-state index in [1.807, 2.05) is 32.9 Å². The largest absolute Gasteiger partial charge is 0.494 e. The van der Waals surface area contributed by atoms with Crippen LogP contribution in [0.4, 0.5) is 0 Å². The molecule has 0 aliphatic heterocycles. The van der Waals surface area contributed by atoms with E-state index in [9.17, 15) is 0 Å². The first-order valence-electron chi connectivity index (χ1n) is 11.3. The molecule has 0 amide bonds. The van der Waals surface area contributed by atoms with Crippen molar-refractivity contribution in [2.45, 2.75) is 26.2 Å². The molecule has 0 N–H and O–H groups in total. The lowest BCUT2D eigenvalue weighted by Crippen LogP contribution is -2.28. The third-order valence-corrected chi connectivity index (χ3v) is 7.25. The summed E-state index contributed by atoms with van der Waals surface area (Å²) in [5, 5.41) is 0. The Balaban J connectivity index is 0.00000133. The molecule has 2 nitrogen and oxygen atoms in total. The van der Waals surface area contributed by atoms with Crippen molar-refractivity contribution in [3.63, 3.8) is 0 Å². The maximum Gasteiger partial charge on any atom is 0.137 e. The molecule has 1 aliphatic carbocycles. The fraction of sp³-hybridized carbons (Fsp3) is 0.172. The summed E-state index contributed by atoms with van der Waals surface area (Å²) in [6, 6.07) is 29.7. The fourth-order valence-corrected chi connectivity index (χ4v) is 5.63. The van der Waals surface area contributed by atoms with Crippen LogP contribution in [0.15, 0.2) is 93.9 Å². The predicted molar refractivity (Wildman–Crippen MR) is 151 cm³/mol. The van der Waals surface area contributed by atoms with Gasteiger partial charge in [0.2, 0.25) is 0 Å². The molecule has 0 fully saturated rings. The van der Waals surface area contributed by atoms with E-state index >= 15 is 0 Å². The molecule has 5 rings (SSSR count). The van der Waals surface area contributed by atoms with Gasteiger partial charge in [0.15, 0.2) is 0 Å². The summed E-state index contributed by atoms with van der Waals surface area (Å²) < 4.78 is 13.0. The zero-order chi connectivity index (χ0) is 24.3. The molecular formula is C29H26Br2O2S. The quantitative estimate of drug-likeness (QED) is 0.161. The van der Waals surface area contributed by atoms with Gasteiger partial charge in [0.25, 0.3) is 0 Å². The Labute approximate surface area is 224 Å². The highest BCUT2D eigenvalue weighted by Crippen LogP contribution is 2.57. The van der Waals surface area contributed by atoms with Crippen molar-refractivity contribution in [2.75, 3.05) is 6.61 Å². The third kappa shape index (κ3) is 4.19. The third-order valence-electron chi connectivity index (χ3n) is 6.05. The summed E-state index contributed by atoms with van der Waals surface area (Å²) >= 11 is 11.4. The SMILES string of the molecule is CC.CCOc1ccc(C2(c3ccc(OS)cc3)c3cc(Br)ccc3-c3ccc(Br)cc32)cc1. The van der Waals surface area contributed by atoms with Crippen LogP contribution in [-0.2, 0) is 5.41 Å². The second kappa shape index (κ2) is 10.6. The summed E-state index contributed by atoms with van der Waals surface area (Å²) in [6.45, 7) is 6.64. The van der Waals surface area contributed by atoms with Crippen LogP contribution in [-0.4, -0.2) is 6.61 Å². The molecule has 5 heteroatoms. The van der Waals surface area contributed by atoms with E-state index in [2.05, 4.69) is 118 Å². The van der Waals surface area contributed by atoms with Crippen LogP contribution in [0.25, 0.3) is 11.1 Å². The van der Waals surface area contributed by atoms with Gasteiger partial charge in [-0.2, -0.15) is 0 Å². The average Bonchev–Trinajstić information content (AvgIpc) is 3.15. The molecule has 0 spiro atoms. The number of hydrogen-bond donors (Lipinski definition) is 1. The standard InChI is InChI=1S/C27H20Br2O2S.C2H6/c1-2-30-21-9-3-17(4-10-21)27(18-5-11-22(31-32)12-6-18)25-15-19(28)7-13-23(25)24-14-8-20(29)16-26(24)27;1-2/h3-16,32H,2H2,1H3;1-2H3. The Morgan fingerprint density at radius 1 is 0.676 bits per heavy atom. The van der Waals surface area contributed by atoms with Gasteiger partial charge in [-0.05, 0) is 88.8 Å². The van der Waals surface area contributed by atoms with Crippen molar-refractivity contribution in [1.82, 2.24) is 0 Å². The zero-order valence-corrected chi connectivity index (χ0v) is 23.4. The minimum absolute atomic E-state index is 0.488. The van der Waals surface area contributed by atoms with Gasteiger partial charge in [0.05, 0.1) is 12.0 Å². The molecule has 4 aromatic rings. The Kier molecular flexibility index (Phi) is 7.76. The lowest BCUT2D eigenvalue weighted by atomic mass is 9.68. The fourth-order valence-electron chi connectivity index (χ4n) is 4.79. The highest BCUT2D eigenvalue weighted by atomic mass is 79.9. The second-order valence-corrected chi connectivity index (χ2v) is 9.72. The Bertz CT molecular complexity index is 1230. The van der Waals surface area contributed by atoms with E-state index in [0.29, 0.717) is 12.4 Å². The Morgan fingerprint density at radius 2 is 1.12 bits per heavy atom. The normalized spacial score (nSPS) is 12.8. The lowest BCUT2D eigenvalue weighted by Gasteiger charge is -2.34. The highest BCUT2D eigenvalue weighted by molar-refractivity contribution is 9.10. The average molecular weight is 598 g/mol. The highest BCUT2D eigenvalue weighted by Gasteiger charge is 2.46. The maximum atomic E-state index is 5.73. The van der Waals surface area contributed by atoms with Gasteiger partial charge in [0, 0.05) is 21.9 Å². The van der Waals surface area contributed by atoms with Gasteiger partial charge < -0.3 is 8.92 Å². The number of fused-ring (bicyclic) bond motifs is 3. The molecule has 0 saturated carbocycles. The predicted octanol–water partition coefficient (Wildman–Crippen LogP) is 9.22. The summed E-state index contributed by atoms with van der Waals surface area (Å²) in [4.78, 5) is 0. The summed E-state index contributed by atoms with van der Waals surface area (Å²) in [5.74, 6) is 1.58. The molecular weight excluding hydrogens is 572 g/mol. The van der Waals surface area contributed by atoms with Crippen LogP contribution in [0.2, 0.25) is 0 Å². The number of halogens is 2. The van der Waals surface area contributed by atoms with E-state index in [0.717, 1.165) is 20.3 Å². The molecule has 0 radical (unpaired) electrons. The molecule has 0 unspecified atom stereocenters. The van der Waals surface area contributed by atoms with E-state index in [1.54, 1.807) is 0 Å². The van der Waals surface area contributed by atoms with E-state index in [1.165, 1.54) is 27.8 Å². The smallest absolute Gasteiger partial charge is 0.137 e. The molecule has 4 aromatic carbocycles. The monoisotopic (exact) mass is 596 g/mol. The molecule has 34 heavy (non-hydrogen) atoms. The van der Waals surface area contributed by atoms with Crippen molar-refractivity contribution >= 4 is 44.8 Å². The molecule has 0 saturated heterocycles. The van der Waals surface area contributed by atoms with Gasteiger partial charge in [-0.3, -0.25) is 0 Å². The second-order valence-electron chi connectivity index (χ2n) is 7.70. The van der Waals surface area contributed by atoms with Crippen molar-refractivity contribution in [3.05, 3.63) is 116 Å². The summed E-state index contributed by atoms with van der Waals surface area (Å²) in [7, 11) is 0. The zero-order valence-electron chi connectivity index (χ0n) is 19.3. The van der Waals surface area contributed by atoms with Crippen LogP contribution >= 0.6 is 44.8 Å². The van der Waals surface area contributed by atoms with E-state index in [4.69, 9.17) is 8.92 Å². The topological polar surface area (TPSA) is 18.5 Å². The van der Waals surface area contributed by atoms with Gasteiger partial charge in [-0.25, -0.2) is 0 Å². The number of ether oxygens (including phenoxy) is 1. The van der Waals surface area contributed by atoms with Crippen molar-refractivity contribution < 1.29 is 8.92 Å². The maximum absolute atomic E-state index is 5.73. The van der Waals surface area contributed by atoms with Crippen LogP contribution in [0.3, 0.4) is 0 Å². The summed E-state index contributed by atoms with van der Waals surface area (Å²) in [5.41, 5.74) is 6.80. The Hall–Kier alpha value is -2.21. The molecule has 1 aliphatic rings. The number of thiol groups is 1. The van der Waals surface area contributed by atoms with Crippen LogP contribution in [0.1, 0.15) is 43.0 Å². The molecule has 174 valence electrons. The van der Waals surface area contributed by atoms with Crippen LogP contribution in [0.5, 0.6) is 11.5 Å². The molecule has 0 atom stereocenters. The van der Waals surface area contributed by atoms with Gasteiger partial charge >= 0.3 is 0 Å². The van der Waals surface area contributed by atoms with Crippen molar-refractivity contribution in [3.8, 4) is 22.6 Å². The van der Waals surface area contributed by atoms with Gasteiger partial charge in [0.1, 0.15) is 11.5 Å². The van der Waals surface area contributed by atoms with Gasteiger partial charge in [-0.1, -0.05) is 82.1 Å². The first-order valence-corrected chi connectivity index (χ1v) is 13.3. The van der Waals surface area contributed by atoms with E-state index < -0.39 is 5.41 Å². The first kappa shape index (κ1) is 24.9. The van der Waals surface area contributed by atoms with Crippen LogP contribution in [0, 0.1) is 0 Å². The minimum atomic E-state index is -0.488. The van der Waals surface area contributed by atoms with Crippen molar-refractivity contribution in [2.24, 2.45) is 0 Å². The number of hydrogen-bond acceptors (Lipinski definition) is 3. The number of benzene rings is 4. The van der Waals surface area contributed by atoms with Gasteiger partial charge in [-0.15, -0.1) is 0 Å². The Morgan fingerprint density at radius 3 is 1.53 bits per heavy atom. The van der Waals surface area contributed by atoms with E-state index in [-0.39, 0.29) is 0 Å². The summed E-state index contributed by atoms with van der Waals surface area (Å²) in [6.07, 6.45) is 0. The first-order chi connectivity index (χ1) is 16.6. The minimum Gasteiger partial charge on any atom is -0.494 e. The lowest BCUT2D eigenvalue weighted by molar-refractivity contribution is 0.340. The van der Waals surface area contributed by atoms with Crippen molar-refractivity contribution in [1.29, 1.82) is 0 Å². The molecule has 0 aromatic heterocycles. The molecule has 0 bridgehead atoms. The van der Waals surface area contributed by atoms with Crippen LogP contribution < -0.4 is 8.92 Å². The number of rotatable bonds is 5. The molecule has 0 heterocycles.